The number of benzene rings is 2. The van der Waals surface area contributed by atoms with Gasteiger partial charge in [-0.05, 0) is 34.9 Å². The summed E-state index contributed by atoms with van der Waals surface area (Å²) in [5.41, 5.74) is 1.47. The summed E-state index contributed by atoms with van der Waals surface area (Å²) in [5.74, 6) is -1.93. The van der Waals surface area contributed by atoms with E-state index >= 15 is 0 Å². The van der Waals surface area contributed by atoms with Crippen LogP contribution in [0.4, 0.5) is 0 Å². The number of carbonyl (C=O) groups is 3. The number of fused-ring (bicyclic) bond motifs is 3. The van der Waals surface area contributed by atoms with Crippen molar-refractivity contribution in [3.05, 3.63) is 46.5 Å². The molecule has 0 fully saturated rings. The SMILES string of the molecule is CCc1cc2c(C(=O)O)cccc2c2c1C(=O)NC2=O. The van der Waals surface area contributed by atoms with Crippen molar-refractivity contribution in [2.75, 3.05) is 0 Å². The number of carboxylic acids is 1. The Morgan fingerprint density at radius 2 is 1.85 bits per heavy atom. The van der Waals surface area contributed by atoms with Gasteiger partial charge in [0.05, 0.1) is 16.7 Å². The van der Waals surface area contributed by atoms with Crippen molar-refractivity contribution in [3.8, 4) is 0 Å². The number of hydrogen-bond acceptors (Lipinski definition) is 3. The molecular weight excluding hydrogens is 258 g/mol. The van der Waals surface area contributed by atoms with Crippen LogP contribution in [0.5, 0.6) is 0 Å². The van der Waals surface area contributed by atoms with Gasteiger partial charge in [0.1, 0.15) is 0 Å². The summed E-state index contributed by atoms with van der Waals surface area (Å²) in [5, 5.41) is 12.5. The largest absolute Gasteiger partial charge is 0.478 e. The highest BCUT2D eigenvalue weighted by Gasteiger charge is 2.32. The van der Waals surface area contributed by atoms with Crippen molar-refractivity contribution < 1.29 is 19.5 Å². The van der Waals surface area contributed by atoms with Gasteiger partial charge in [0.15, 0.2) is 0 Å². The number of carboxylic acid groups (broad SMARTS) is 1. The summed E-state index contributed by atoms with van der Waals surface area (Å²) < 4.78 is 0. The maximum atomic E-state index is 12.0. The lowest BCUT2D eigenvalue weighted by Gasteiger charge is -2.09. The molecule has 0 aromatic heterocycles. The van der Waals surface area contributed by atoms with Crippen LogP contribution < -0.4 is 5.32 Å². The van der Waals surface area contributed by atoms with Gasteiger partial charge in [0.2, 0.25) is 0 Å². The fraction of sp³-hybridized carbons (Fsp3) is 0.133. The molecule has 0 spiro atoms. The van der Waals surface area contributed by atoms with Crippen molar-refractivity contribution in [2.45, 2.75) is 13.3 Å². The first-order chi connectivity index (χ1) is 9.54. The third-order valence-electron chi connectivity index (χ3n) is 3.56. The maximum absolute atomic E-state index is 12.0. The molecule has 1 heterocycles. The van der Waals surface area contributed by atoms with E-state index in [2.05, 4.69) is 5.32 Å². The van der Waals surface area contributed by atoms with E-state index in [-0.39, 0.29) is 11.1 Å². The summed E-state index contributed by atoms with van der Waals surface area (Å²) in [6, 6.07) is 6.42. The van der Waals surface area contributed by atoms with E-state index in [1.807, 2.05) is 6.92 Å². The van der Waals surface area contributed by atoms with Gasteiger partial charge in [-0.15, -0.1) is 0 Å². The highest BCUT2D eigenvalue weighted by Crippen LogP contribution is 2.31. The third kappa shape index (κ3) is 1.53. The first-order valence-corrected chi connectivity index (χ1v) is 6.22. The van der Waals surface area contributed by atoms with Gasteiger partial charge in [-0.25, -0.2) is 4.79 Å². The molecule has 2 amide bonds. The topological polar surface area (TPSA) is 83.5 Å². The van der Waals surface area contributed by atoms with Crippen LogP contribution in [0.3, 0.4) is 0 Å². The van der Waals surface area contributed by atoms with E-state index in [0.29, 0.717) is 28.3 Å². The van der Waals surface area contributed by atoms with Gasteiger partial charge in [-0.3, -0.25) is 14.9 Å². The van der Waals surface area contributed by atoms with Crippen LogP contribution in [-0.4, -0.2) is 22.9 Å². The summed E-state index contributed by atoms with van der Waals surface area (Å²) in [7, 11) is 0. The Balaban J connectivity index is 2.51. The monoisotopic (exact) mass is 269 g/mol. The number of aromatic carboxylic acids is 1. The van der Waals surface area contributed by atoms with Crippen LogP contribution in [-0.2, 0) is 6.42 Å². The molecule has 3 rings (SSSR count). The molecular formula is C15H11NO4. The minimum Gasteiger partial charge on any atom is -0.478 e. The average molecular weight is 269 g/mol. The average Bonchev–Trinajstić information content (AvgIpc) is 2.73. The molecule has 100 valence electrons. The van der Waals surface area contributed by atoms with E-state index in [4.69, 9.17) is 0 Å². The molecule has 2 aromatic rings. The molecule has 20 heavy (non-hydrogen) atoms. The van der Waals surface area contributed by atoms with Gasteiger partial charge < -0.3 is 5.11 Å². The fourth-order valence-corrected chi connectivity index (χ4v) is 2.67. The highest BCUT2D eigenvalue weighted by atomic mass is 16.4. The number of carbonyl (C=O) groups excluding carboxylic acids is 2. The van der Waals surface area contributed by atoms with E-state index in [0.717, 1.165) is 0 Å². The smallest absolute Gasteiger partial charge is 0.336 e. The number of hydrogen-bond donors (Lipinski definition) is 2. The summed E-state index contributed by atoms with van der Waals surface area (Å²) in [6.45, 7) is 1.86. The molecule has 0 aliphatic carbocycles. The summed E-state index contributed by atoms with van der Waals surface area (Å²) in [4.78, 5) is 35.1. The molecule has 0 radical (unpaired) electrons. The van der Waals surface area contributed by atoms with Crippen LogP contribution in [0.1, 0.15) is 43.6 Å². The van der Waals surface area contributed by atoms with Crippen LogP contribution in [0.2, 0.25) is 0 Å². The third-order valence-corrected chi connectivity index (χ3v) is 3.56. The normalized spacial score (nSPS) is 13.4. The lowest BCUT2D eigenvalue weighted by Crippen LogP contribution is -2.20. The van der Waals surface area contributed by atoms with Gasteiger partial charge in [0, 0.05) is 0 Å². The molecule has 5 heteroatoms. The number of rotatable bonds is 2. The second kappa shape index (κ2) is 4.16. The molecule has 0 saturated carbocycles. The van der Waals surface area contributed by atoms with Crippen LogP contribution in [0, 0.1) is 0 Å². The molecule has 2 aromatic carbocycles. The number of nitrogens with one attached hydrogen (secondary N) is 1. The first-order valence-electron chi connectivity index (χ1n) is 6.22. The van der Waals surface area contributed by atoms with Crippen LogP contribution in [0.15, 0.2) is 24.3 Å². The zero-order valence-electron chi connectivity index (χ0n) is 10.7. The van der Waals surface area contributed by atoms with Crippen LogP contribution >= 0.6 is 0 Å². The Morgan fingerprint density at radius 3 is 2.50 bits per heavy atom. The predicted molar refractivity (Wildman–Crippen MR) is 72.1 cm³/mol. The fourth-order valence-electron chi connectivity index (χ4n) is 2.67. The van der Waals surface area contributed by atoms with E-state index in [1.54, 1.807) is 18.2 Å². The Morgan fingerprint density at radius 1 is 1.15 bits per heavy atom. The molecule has 0 atom stereocenters. The van der Waals surface area contributed by atoms with Gasteiger partial charge in [-0.1, -0.05) is 19.1 Å². The summed E-state index contributed by atoms with van der Waals surface area (Å²) >= 11 is 0. The zero-order chi connectivity index (χ0) is 14.4. The van der Waals surface area contributed by atoms with Crippen LogP contribution in [0.25, 0.3) is 10.8 Å². The molecule has 5 nitrogen and oxygen atoms in total. The van der Waals surface area contributed by atoms with Gasteiger partial charge >= 0.3 is 5.97 Å². The number of imide groups is 1. The van der Waals surface area contributed by atoms with E-state index < -0.39 is 17.8 Å². The zero-order valence-corrected chi connectivity index (χ0v) is 10.7. The predicted octanol–water partition coefficient (Wildman–Crippen LogP) is 1.98. The van der Waals surface area contributed by atoms with Gasteiger partial charge in [0.25, 0.3) is 11.8 Å². The Bertz CT molecular complexity index is 792. The quantitative estimate of drug-likeness (QED) is 0.816. The number of aryl methyl sites for hydroxylation is 1. The Kier molecular flexibility index (Phi) is 2.57. The molecule has 1 aliphatic heterocycles. The second-order valence-corrected chi connectivity index (χ2v) is 4.63. The van der Waals surface area contributed by atoms with Crippen molar-refractivity contribution in [3.63, 3.8) is 0 Å². The van der Waals surface area contributed by atoms with Gasteiger partial charge in [-0.2, -0.15) is 0 Å². The Labute approximate surface area is 114 Å². The lowest BCUT2D eigenvalue weighted by molar-refractivity contribution is 0.0698. The van der Waals surface area contributed by atoms with E-state index in [9.17, 15) is 19.5 Å². The second-order valence-electron chi connectivity index (χ2n) is 4.63. The minimum absolute atomic E-state index is 0.132. The molecule has 0 saturated heterocycles. The highest BCUT2D eigenvalue weighted by molar-refractivity contribution is 6.28. The minimum atomic E-state index is -1.05. The summed E-state index contributed by atoms with van der Waals surface area (Å²) in [6.07, 6.45) is 0.549. The molecule has 1 aliphatic rings. The van der Waals surface area contributed by atoms with Crippen molar-refractivity contribution in [2.24, 2.45) is 0 Å². The van der Waals surface area contributed by atoms with Crippen molar-refractivity contribution in [1.29, 1.82) is 0 Å². The van der Waals surface area contributed by atoms with Crippen molar-refractivity contribution in [1.82, 2.24) is 5.32 Å². The number of amides is 2. The van der Waals surface area contributed by atoms with Crippen molar-refractivity contribution >= 4 is 28.6 Å². The van der Waals surface area contributed by atoms with E-state index in [1.165, 1.54) is 6.07 Å². The molecule has 0 bridgehead atoms. The maximum Gasteiger partial charge on any atom is 0.336 e. The first kappa shape index (κ1) is 12.3. The molecule has 0 unspecified atom stereocenters. The Hall–Kier alpha value is -2.69. The standard InChI is InChI=1S/C15H11NO4/c1-2-7-6-10-8(4-3-5-9(10)15(19)20)12-11(7)13(17)16-14(12)18/h3-6H,2H2,1H3,(H,19,20)(H,16,17,18). The lowest BCUT2D eigenvalue weighted by atomic mass is 9.92. The molecule has 2 N–H and O–H groups in total.